The van der Waals surface area contributed by atoms with E-state index in [4.69, 9.17) is 30.5 Å². The molecule has 0 spiro atoms. The molecule has 0 bridgehead atoms. The first-order valence-corrected chi connectivity index (χ1v) is 8.95. The minimum atomic E-state index is -0.706. The maximum absolute atomic E-state index is 12.0. The molecule has 28 heavy (non-hydrogen) atoms. The lowest BCUT2D eigenvalue weighted by Gasteiger charge is -2.20. The number of amides is 1. The van der Waals surface area contributed by atoms with Crippen LogP contribution in [0.5, 0.6) is 17.2 Å². The van der Waals surface area contributed by atoms with E-state index in [0.717, 1.165) is 5.56 Å². The van der Waals surface area contributed by atoms with E-state index in [2.05, 4.69) is 5.10 Å². The summed E-state index contributed by atoms with van der Waals surface area (Å²) in [6.45, 7) is 3.40. The van der Waals surface area contributed by atoms with Crippen LogP contribution in [0.4, 0.5) is 0 Å². The molecular weight excluding hydrogens is 384 g/mol. The highest BCUT2D eigenvalue weighted by Crippen LogP contribution is 2.35. The second-order valence-corrected chi connectivity index (χ2v) is 6.58. The normalized spacial score (nSPS) is 15.7. The lowest BCUT2D eigenvalue weighted by Crippen LogP contribution is -2.25. The van der Waals surface area contributed by atoms with Gasteiger partial charge in [-0.05, 0) is 48.9 Å². The number of methoxy groups -OCH3 is 2. The van der Waals surface area contributed by atoms with Crippen LogP contribution in [0, 0.1) is 6.92 Å². The van der Waals surface area contributed by atoms with Crippen molar-refractivity contribution in [3.63, 3.8) is 0 Å². The van der Waals surface area contributed by atoms with Crippen LogP contribution in [-0.2, 0) is 9.53 Å². The molecule has 0 fully saturated rings. The highest BCUT2D eigenvalue weighted by Gasteiger charge is 2.33. The number of rotatable bonds is 6. The summed E-state index contributed by atoms with van der Waals surface area (Å²) in [5.74, 6) is 1.83. The summed E-state index contributed by atoms with van der Waals surface area (Å²) in [7, 11) is 3.10. The van der Waals surface area contributed by atoms with Gasteiger partial charge in [-0.1, -0.05) is 11.6 Å². The zero-order chi connectivity index (χ0) is 20.3. The molecule has 1 aliphatic rings. The fraction of sp³-hybridized carbons (Fsp3) is 0.300. The van der Waals surface area contributed by atoms with Crippen molar-refractivity contribution in [2.45, 2.75) is 20.1 Å². The minimum absolute atomic E-state index is 0.0794. The number of hydrogen-bond donors (Lipinski definition) is 0. The van der Waals surface area contributed by atoms with E-state index in [1.807, 2.05) is 13.0 Å². The van der Waals surface area contributed by atoms with Gasteiger partial charge >= 0.3 is 0 Å². The van der Waals surface area contributed by atoms with Gasteiger partial charge in [-0.15, -0.1) is 5.10 Å². The van der Waals surface area contributed by atoms with Gasteiger partial charge in [0, 0.05) is 17.5 Å². The number of aryl methyl sites for hydroxylation is 1. The number of carbonyl (C=O) groups is 1. The standard InChI is InChI=1S/C20H21ClN2O5/c1-12-9-15(21)6-8-16(12)27-11-19-22-23(13(2)24)20(28-19)14-5-7-17(25-3)18(10-14)26-4/h5-10,20H,11H2,1-4H3. The Hall–Kier alpha value is -2.93. The molecule has 1 amide bonds. The van der Waals surface area contributed by atoms with E-state index in [1.165, 1.54) is 11.9 Å². The van der Waals surface area contributed by atoms with Crippen LogP contribution in [0.1, 0.15) is 24.3 Å². The highest BCUT2D eigenvalue weighted by atomic mass is 35.5. The van der Waals surface area contributed by atoms with Crippen LogP contribution in [0.3, 0.4) is 0 Å². The quantitative estimate of drug-likeness (QED) is 0.729. The zero-order valence-corrected chi connectivity index (χ0v) is 16.8. The van der Waals surface area contributed by atoms with Crippen LogP contribution in [0.25, 0.3) is 0 Å². The van der Waals surface area contributed by atoms with Gasteiger partial charge in [-0.3, -0.25) is 4.79 Å². The molecule has 2 aromatic rings. The van der Waals surface area contributed by atoms with Crippen molar-refractivity contribution in [2.75, 3.05) is 20.8 Å². The summed E-state index contributed by atoms with van der Waals surface area (Å²) in [6, 6.07) is 10.6. The predicted octanol–water partition coefficient (Wildman–Crippen LogP) is 3.94. The molecule has 0 aliphatic carbocycles. The zero-order valence-electron chi connectivity index (χ0n) is 16.1. The molecule has 1 atom stereocenters. The Bertz CT molecular complexity index is 915. The molecule has 0 radical (unpaired) electrons. The van der Waals surface area contributed by atoms with Crippen molar-refractivity contribution in [1.82, 2.24) is 5.01 Å². The van der Waals surface area contributed by atoms with Crippen LogP contribution in [0.2, 0.25) is 5.02 Å². The highest BCUT2D eigenvalue weighted by molar-refractivity contribution is 6.30. The third-order valence-electron chi connectivity index (χ3n) is 4.19. The molecular formula is C20H21ClN2O5. The summed E-state index contributed by atoms with van der Waals surface area (Å²) < 4.78 is 22.2. The molecule has 1 aliphatic heterocycles. The Morgan fingerprint density at radius 2 is 1.86 bits per heavy atom. The van der Waals surface area contributed by atoms with Crippen LogP contribution >= 0.6 is 11.6 Å². The number of nitrogens with zero attached hydrogens (tertiary/aromatic N) is 2. The first-order chi connectivity index (χ1) is 13.4. The second kappa shape index (κ2) is 8.39. The van der Waals surface area contributed by atoms with Crippen molar-refractivity contribution in [1.29, 1.82) is 0 Å². The molecule has 0 aromatic heterocycles. The topological polar surface area (TPSA) is 69.6 Å². The molecule has 7 nitrogen and oxygen atoms in total. The second-order valence-electron chi connectivity index (χ2n) is 6.14. The average molecular weight is 405 g/mol. The van der Waals surface area contributed by atoms with Crippen LogP contribution < -0.4 is 14.2 Å². The van der Waals surface area contributed by atoms with Gasteiger partial charge in [0.2, 0.25) is 18.0 Å². The number of halogens is 1. The van der Waals surface area contributed by atoms with Gasteiger partial charge in [0.15, 0.2) is 18.1 Å². The van der Waals surface area contributed by atoms with Crippen LogP contribution in [-0.4, -0.2) is 37.6 Å². The third kappa shape index (κ3) is 4.14. The lowest BCUT2D eigenvalue weighted by molar-refractivity contribution is -0.135. The van der Waals surface area contributed by atoms with Gasteiger partial charge in [0.25, 0.3) is 0 Å². The Morgan fingerprint density at radius 1 is 1.14 bits per heavy atom. The molecule has 148 valence electrons. The smallest absolute Gasteiger partial charge is 0.247 e. The maximum Gasteiger partial charge on any atom is 0.247 e. The van der Waals surface area contributed by atoms with Crippen molar-refractivity contribution >= 4 is 23.4 Å². The molecule has 8 heteroatoms. The van der Waals surface area contributed by atoms with Crippen LogP contribution in [0.15, 0.2) is 41.5 Å². The van der Waals surface area contributed by atoms with Gasteiger partial charge < -0.3 is 18.9 Å². The first-order valence-electron chi connectivity index (χ1n) is 8.57. The van der Waals surface area contributed by atoms with Gasteiger partial charge in [-0.25, -0.2) is 0 Å². The lowest BCUT2D eigenvalue weighted by atomic mass is 10.1. The predicted molar refractivity (Wildman–Crippen MR) is 105 cm³/mol. The fourth-order valence-electron chi connectivity index (χ4n) is 2.80. The SMILES string of the molecule is COc1ccc(C2OC(COc3ccc(Cl)cc3C)=NN2C(C)=O)cc1OC. The number of carbonyl (C=O) groups excluding carboxylic acids is 1. The van der Waals surface area contributed by atoms with E-state index in [1.54, 1.807) is 44.6 Å². The van der Waals surface area contributed by atoms with E-state index in [-0.39, 0.29) is 12.5 Å². The monoisotopic (exact) mass is 404 g/mol. The third-order valence-corrected chi connectivity index (χ3v) is 4.43. The van der Waals surface area contributed by atoms with E-state index < -0.39 is 6.23 Å². The van der Waals surface area contributed by atoms with E-state index in [9.17, 15) is 4.79 Å². The number of hydrogen-bond acceptors (Lipinski definition) is 6. The van der Waals surface area contributed by atoms with Gasteiger partial charge in [0.05, 0.1) is 14.2 Å². The average Bonchev–Trinajstić information content (AvgIpc) is 3.11. The van der Waals surface area contributed by atoms with Crippen molar-refractivity contribution < 1.29 is 23.7 Å². The largest absolute Gasteiger partial charge is 0.493 e. The van der Waals surface area contributed by atoms with Crippen molar-refractivity contribution in [2.24, 2.45) is 5.10 Å². The van der Waals surface area contributed by atoms with Crippen molar-refractivity contribution in [3.8, 4) is 17.2 Å². The maximum atomic E-state index is 12.0. The van der Waals surface area contributed by atoms with E-state index in [0.29, 0.717) is 33.7 Å². The molecule has 0 saturated carbocycles. The Balaban J connectivity index is 1.77. The van der Waals surface area contributed by atoms with E-state index >= 15 is 0 Å². The summed E-state index contributed by atoms with van der Waals surface area (Å²) in [5, 5.41) is 6.17. The number of hydrazone groups is 1. The summed E-state index contributed by atoms with van der Waals surface area (Å²) >= 11 is 5.96. The molecule has 3 rings (SSSR count). The Kier molecular flexibility index (Phi) is 5.94. The Morgan fingerprint density at radius 3 is 2.50 bits per heavy atom. The van der Waals surface area contributed by atoms with Crippen molar-refractivity contribution in [3.05, 3.63) is 52.5 Å². The van der Waals surface area contributed by atoms with Gasteiger partial charge in [-0.2, -0.15) is 5.01 Å². The molecule has 0 N–H and O–H groups in total. The Labute approximate surface area is 168 Å². The molecule has 1 heterocycles. The summed E-state index contributed by atoms with van der Waals surface area (Å²) in [6.07, 6.45) is -0.706. The molecule has 2 aromatic carbocycles. The van der Waals surface area contributed by atoms with Gasteiger partial charge in [0.1, 0.15) is 5.75 Å². The summed E-state index contributed by atoms with van der Waals surface area (Å²) in [5.41, 5.74) is 1.60. The number of ether oxygens (including phenoxy) is 4. The minimum Gasteiger partial charge on any atom is -0.493 e. The molecule has 0 saturated heterocycles. The summed E-state index contributed by atoms with van der Waals surface area (Å²) in [4.78, 5) is 12.0. The fourth-order valence-corrected chi connectivity index (χ4v) is 3.03. The molecule has 1 unspecified atom stereocenters. The first kappa shape index (κ1) is 19.8. The number of benzene rings is 2.